The van der Waals surface area contributed by atoms with Crippen LogP contribution in [0.15, 0.2) is 24.3 Å². The fourth-order valence-electron chi connectivity index (χ4n) is 2.31. The largest absolute Gasteiger partial charge is 0.479 e. The van der Waals surface area contributed by atoms with Crippen molar-refractivity contribution in [2.24, 2.45) is 0 Å². The van der Waals surface area contributed by atoms with Gasteiger partial charge in [-0.1, -0.05) is 12.1 Å². The first-order valence-electron chi connectivity index (χ1n) is 6.71. The van der Waals surface area contributed by atoms with Gasteiger partial charge in [0.25, 0.3) is 0 Å². The maximum Gasteiger partial charge on any atom is 0.174 e. The summed E-state index contributed by atoms with van der Waals surface area (Å²) in [7, 11) is 0. The Morgan fingerprint density at radius 3 is 3.21 bits per heavy atom. The van der Waals surface area contributed by atoms with Gasteiger partial charge in [-0.15, -0.1) is 0 Å². The zero-order chi connectivity index (χ0) is 13.5. The van der Waals surface area contributed by atoms with E-state index in [1.807, 2.05) is 24.3 Å². The van der Waals surface area contributed by atoms with Crippen LogP contribution in [0.1, 0.15) is 25.3 Å². The second-order valence-electron chi connectivity index (χ2n) is 4.88. The molecule has 1 aliphatic rings. The maximum atomic E-state index is 8.50. The highest BCUT2D eigenvalue weighted by molar-refractivity contribution is 5.28. The summed E-state index contributed by atoms with van der Waals surface area (Å²) in [5.41, 5.74) is 1.18. The Morgan fingerprint density at radius 1 is 1.53 bits per heavy atom. The van der Waals surface area contributed by atoms with Crippen LogP contribution >= 0.6 is 0 Å². The van der Waals surface area contributed by atoms with E-state index in [-0.39, 0.29) is 6.61 Å². The smallest absolute Gasteiger partial charge is 0.174 e. The average molecular weight is 260 g/mol. The van der Waals surface area contributed by atoms with E-state index in [4.69, 9.17) is 14.7 Å². The zero-order valence-corrected chi connectivity index (χ0v) is 11.3. The van der Waals surface area contributed by atoms with E-state index in [9.17, 15) is 0 Å². The molecule has 0 bridgehead atoms. The van der Waals surface area contributed by atoms with Gasteiger partial charge in [0.1, 0.15) is 11.8 Å². The van der Waals surface area contributed by atoms with Gasteiger partial charge in [-0.25, -0.2) is 0 Å². The summed E-state index contributed by atoms with van der Waals surface area (Å²) in [4.78, 5) is 0. The highest BCUT2D eigenvalue weighted by Gasteiger charge is 2.18. The summed E-state index contributed by atoms with van der Waals surface area (Å²) in [6, 6.07) is 10.4. The molecule has 1 aliphatic heterocycles. The standard InChI is InChI=1S/C15H20N2O2/c1-12-9-14(5-7-18-12)17-11-13-3-2-4-15(10-13)19-8-6-16/h2-4,10,12,14,17H,5,7-9,11H2,1H3. The highest BCUT2D eigenvalue weighted by atomic mass is 16.5. The lowest BCUT2D eigenvalue weighted by Gasteiger charge is -2.28. The number of rotatable bonds is 5. The summed E-state index contributed by atoms with van der Waals surface area (Å²) in [6.07, 6.45) is 2.47. The van der Waals surface area contributed by atoms with Gasteiger partial charge in [-0.2, -0.15) is 5.26 Å². The Bertz CT molecular complexity index is 442. The van der Waals surface area contributed by atoms with Gasteiger partial charge in [-0.3, -0.25) is 0 Å². The molecule has 0 amide bonds. The van der Waals surface area contributed by atoms with Crippen LogP contribution in [0.2, 0.25) is 0 Å². The molecule has 2 rings (SSSR count). The molecule has 1 aromatic carbocycles. The second kappa shape index (κ2) is 7.13. The summed E-state index contributed by atoms with van der Waals surface area (Å²) in [6.45, 7) is 3.86. The molecule has 1 heterocycles. The van der Waals surface area contributed by atoms with Crippen molar-refractivity contribution < 1.29 is 9.47 Å². The molecule has 1 N–H and O–H groups in total. The van der Waals surface area contributed by atoms with Gasteiger partial charge in [0.2, 0.25) is 0 Å². The van der Waals surface area contributed by atoms with Crippen molar-refractivity contribution in [2.45, 2.75) is 38.5 Å². The topological polar surface area (TPSA) is 54.3 Å². The Hall–Kier alpha value is -1.57. The lowest BCUT2D eigenvalue weighted by atomic mass is 10.0. The fraction of sp³-hybridized carbons (Fsp3) is 0.533. The molecule has 1 fully saturated rings. The minimum absolute atomic E-state index is 0.0916. The maximum absolute atomic E-state index is 8.50. The molecule has 0 spiro atoms. The van der Waals surface area contributed by atoms with Crippen LogP contribution in [0.3, 0.4) is 0 Å². The third kappa shape index (κ3) is 4.55. The first kappa shape index (κ1) is 13.9. The zero-order valence-electron chi connectivity index (χ0n) is 11.3. The average Bonchev–Trinajstić information content (AvgIpc) is 2.43. The predicted octanol–water partition coefficient (Wildman–Crippen LogP) is 2.25. The van der Waals surface area contributed by atoms with Crippen LogP contribution in [0.5, 0.6) is 5.75 Å². The van der Waals surface area contributed by atoms with Crippen molar-refractivity contribution in [3.63, 3.8) is 0 Å². The monoisotopic (exact) mass is 260 g/mol. The second-order valence-corrected chi connectivity index (χ2v) is 4.88. The summed E-state index contributed by atoms with van der Waals surface area (Å²) < 4.78 is 10.8. The molecule has 0 aliphatic carbocycles. The molecule has 19 heavy (non-hydrogen) atoms. The SMILES string of the molecule is CC1CC(NCc2cccc(OCC#N)c2)CCO1. The lowest BCUT2D eigenvalue weighted by molar-refractivity contribution is 0.0130. The molecular formula is C15H20N2O2. The van der Waals surface area contributed by atoms with Gasteiger partial charge < -0.3 is 14.8 Å². The number of nitrogens with one attached hydrogen (secondary N) is 1. The molecular weight excluding hydrogens is 240 g/mol. The molecule has 0 aromatic heterocycles. The van der Waals surface area contributed by atoms with Crippen molar-refractivity contribution in [3.8, 4) is 11.8 Å². The lowest BCUT2D eigenvalue weighted by Crippen LogP contribution is -2.37. The highest BCUT2D eigenvalue weighted by Crippen LogP contribution is 2.16. The van der Waals surface area contributed by atoms with Crippen LogP contribution in [0, 0.1) is 11.3 Å². The number of ether oxygens (including phenoxy) is 2. The number of hydrogen-bond acceptors (Lipinski definition) is 4. The number of nitriles is 1. The summed E-state index contributed by atoms with van der Waals surface area (Å²) in [5, 5.41) is 12.0. The Kier molecular flexibility index (Phi) is 5.20. The van der Waals surface area contributed by atoms with Crippen LogP contribution in [0.4, 0.5) is 0 Å². The molecule has 4 nitrogen and oxygen atoms in total. The van der Waals surface area contributed by atoms with Crippen molar-refractivity contribution >= 4 is 0 Å². The van der Waals surface area contributed by atoms with Gasteiger partial charge in [0.15, 0.2) is 6.61 Å². The van der Waals surface area contributed by atoms with E-state index in [0.717, 1.165) is 31.7 Å². The normalized spacial score (nSPS) is 22.7. The summed E-state index contributed by atoms with van der Waals surface area (Å²) >= 11 is 0. The molecule has 1 saturated heterocycles. The fourth-order valence-corrected chi connectivity index (χ4v) is 2.31. The molecule has 1 aromatic rings. The van der Waals surface area contributed by atoms with Crippen LogP contribution < -0.4 is 10.1 Å². The first-order valence-corrected chi connectivity index (χ1v) is 6.71. The van der Waals surface area contributed by atoms with E-state index < -0.39 is 0 Å². The van der Waals surface area contributed by atoms with Crippen molar-refractivity contribution in [1.82, 2.24) is 5.32 Å². The van der Waals surface area contributed by atoms with Gasteiger partial charge in [0.05, 0.1) is 6.10 Å². The van der Waals surface area contributed by atoms with Gasteiger partial charge >= 0.3 is 0 Å². The molecule has 102 valence electrons. The molecule has 2 atom stereocenters. The van der Waals surface area contributed by atoms with E-state index >= 15 is 0 Å². The van der Waals surface area contributed by atoms with Crippen molar-refractivity contribution in [3.05, 3.63) is 29.8 Å². The third-order valence-electron chi connectivity index (χ3n) is 3.28. The van der Waals surface area contributed by atoms with Crippen LogP contribution in [0.25, 0.3) is 0 Å². The molecule has 2 unspecified atom stereocenters. The number of hydrogen-bond donors (Lipinski definition) is 1. The first-order chi connectivity index (χ1) is 9.28. The molecule has 0 saturated carbocycles. The van der Waals surface area contributed by atoms with E-state index in [2.05, 4.69) is 18.3 Å². The van der Waals surface area contributed by atoms with E-state index in [0.29, 0.717) is 12.1 Å². The Morgan fingerprint density at radius 2 is 2.42 bits per heavy atom. The van der Waals surface area contributed by atoms with E-state index in [1.165, 1.54) is 5.56 Å². The number of nitrogens with zero attached hydrogens (tertiary/aromatic N) is 1. The minimum atomic E-state index is 0.0916. The van der Waals surface area contributed by atoms with Crippen LogP contribution in [-0.2, 0) is 11.3 Å². The van der Waals surface area contributed by atoms with Crippen LogP contribution in [-0.4, -0.2) is 25.4 Å². The quantitative estimate of drug-likeness (QED) is 0.882. The predicted molar refractivity (Wildman–Crippen MR) is 72.8 cm³/mol. The third-order valence-corrected chi connectivity index (χ3v) is 3.28. The number of benzene rings is 1. The van der Waals surface area contributed by atoms with Crippen molar-refractivity contribution in [2.75, 3.05) is 13.2 Å². The van der Waals surface area contributed by atoms with E-state index in [1.54, 1.807) is 0 Å². The van der Waals surface area contributed by atoms with Gasteiger partial charge in [0, 0.05) is 19.2 Å². The Balaban J connectivity index is 1.83. The Labute approximate surface area is 114 Å². The summed E-state index contributed by atoms with van der Waals surface area (Å²) in [5.74, 6) is 0.751. The molecule has 0 radical (unpaired) electrons. The van der Waals surface area contributed by atoms with Crippen molar-refractivity contribution in [1.29, 1.82) is 5.26 Å². The minimum Gasteiger partial charge on any atom is -0.479 e. The molecule has 4 heteroatoms. The van der Waals surface area contributed by atoms with Gasteiger partial charge in [-0.05, 0) is 37.5 Å².